The third-order valence-corrected chi connectivity index (χ3v) is 11.4. The molecule has 250 valence electrons. The first-order chi connectivity index (χ1) is 26.8. The average Bonchev–Trinajstić information content (AvgIpc) is 3.82. The van der Waals surface area contributed by atoms with Crippen molar-refractivity contribution in [2.24, 2.45) is 0 Å². The van der Waals surface area contributed by atoms with Crippen molar-refractivity contribution in [1.29, 1.82) is 0 Å². The maximum Gasteiger partial charge on any atom is 0.143 e. The van der Waals surface area contributed by atoms with Gasteiger partial charge in [0.2, 0.25) is 0 Å². The Balaban J connectivity index is 1.23. The number of benzene rings is 10. The summed E-state index contributed by atoms with van der Waals surface area (Å²) in [7, 11) is 0. The second-order valence-corrected chi connectivity index (χ2v) is 14.3. The number of rotatable bonds is 3. The molecule has 0 fully saturated rings. The largest absolute Gasteiger partial charge is 0.456 e. The summed E-state index contributed by atoms with van der Waals surface area (Å²) in [6.07, 6.45) is 0. The molecule has 2 nitrogen and oxygen atoms in total. The zero-order valence-electron chi connectivity index (χ0n) is 29.1. The molecule has 0 saturated heterocycles. The summed E-state index contributed by atoms with van der Waals surface area (Å²) >= 11 is 0. The molecule has 54 heavy (non-hydrogen) atoms. The van der Waals surface area contributed by atoms with Gasteiger partial charge in [-0.05, 0) is 84.2 Å². The second kappa shape index (κ2) is 11.2. The van der Waals surface area contributed by atoms with Gasteiger partial charge in [-0.1, -0.05) is 158 Å². The van der Waals surface area contributed by atoms with E-state index in [1.165, 1.54) is 60.1 Å². The fourth-order valence-corrected chi connectivity index (χ4v) is 9.21. The van der Waals surface area contributed by atoms with E-state index in [0.29, 0.717) is 0 Å². The molecular weight excluding hydrogens is 657 g/mol. The summed E-state index contributed by atoms with van der Waals surface area (Å²) in [6.45, 7) is 0. The zero-order valence-corrected chi connectivity index (χ0v) is 29.1. The Kier molecular flexibility index (Phi) is 6.09. The monoisotopic (exact) mass is 686 g/mol. The van der Waals surface area contributed by atoms with Gasteiger partial charge in [0.15, 0.2) is 0 Å². The molecule has 0 aliphatic heterocycles. The Bertz CT molecular complexity index is 3430. The smallest absolute Gasteiger partial charge is 0.143 e. The molecule has 12 rings (SSSR count). The van der Waals surface area contributed by atoms with Gasteiger partial charge in [-0.15, -0.1) is 0 Å². The van der Waals surface area contributed by atoms with Crippen LogP contribution in [0.1, 0.15) is 0 Å². The molecule has 12 aromatic rings. The fraction of sp³-hybridized carbons (Fsp3) is 0. The van der Waals surface area contributed by atoms with Crippen LogP contribution in [-0.2, 0) is 0 Å². The molecule has 0 spiro atoms. The molecular formula is C52H30O2. The first-order valence-electron chi connectivity index (χ1n) is 18.5. The van der Waals surface area contributed by atoms with Crippen molar-refractivity contribution in [3.63, 3.8) is 0 Å². The molecule has 2 aromatic heterocycles. The fourth-order valence-electron chi connectivity index (χ4n) is 9.21. The van der Waals surface area contributed by atoms with Crippen molar-refractivity contribution in [3.05, 3.63) is 182 Å². The van der Waals surface area contributed by atoms with Crippen molar-refractivity contribution in [2.75, 3.05) is 0 Å². The predicted molar refractivity (Wildman–Crippen MR) is 227 cm³/mol. The van der Waals surface area contributed by atoms with E-state index in [4.69, 9.17) is 8.83 Å². The van der Waals surface area contributed by atoms with Gasteiger partial charge in [0, 0.05) is 38.1 Å². The van der Waals surface area contributed by atoms with Crippen molar-refractivity contribution in [3.8, 4) is 33.4 Å². The van der Waals surface area contributed by atoms with Crippen LogP contribution >= 0.6 is 0 Å². The Hall–Kier alpha value is -7.16. The van der Waals surface area contributed by atoms with Crippen LogP contribution in [-0.4, -0.2) is 0 Å². The Morgan fingerprint density at radius 1 is 0.278 bits per heavy atom. The highest BCUT2D eigenvalue weighted by atomic mass is 16.3. The number of hydrogen-bond acceptors (Lipinski definition) is 2. The molecule has 0 aliphatic rings. The number of para-hydroxylation sites is 2. The molecule has 0 bridgehead atoms. The standard InChI is InChI=1S/C52H30O2/c1-2-14-31(15-3-1)33-27-28-40(35-17-5-4-16-34(33)35)48-36-18-6-8-20-38(36)49(39-21-9-7-19-37(39)48)43-30-32-26-29-46-50(41-22-10-12-24-44(41)53-46)47(32)51-42-23-11-13-25-45(42)54-52(43)51/h1-30H. The van der Waals surface area contributed by atoms with Gasteiger partial charge in [-0.25, -0.2) is 0 Å². The first-order valence-corrected chi connectivity index (χ1v) is 18.5. The topological polar surface area (TPSA) is 26.3 Å². The van der Waals surface area contributed by atoms with E-state index in [1.807, 2.05) is 6.07 Å². The summed E-state index contributed by atoms with van der Waals surface area (Å²) < 4.78 is 13.4. The molecule has 0 atom stereocenters. The summed E-state index contributed by atoms with van der Waals surface area (Å²) in [6, 6.07) is 65.5. The number of hydrogen-bond donors (Lipinski definition) is 0. The minimum atomic E-state index is 0.876. The van der Waals surface area contributed by atoms with Crippen LogP contribution < -0.4 is 0 Å². The third kappa shape index (κ3) is 4.05. The van der Waals surface area contributed by atoms with Crippen LogP contribution in [0.4, 0.5) is 0 Å². The predicted octanol–water partition coefficient (Wildman–Crippen LogP) is 15.1. The molecule has 2 heteroatoms. The van der Waals surface area contributed by atoms with E-state index < -0.39 is 0 Å². The highest BCUT2D eigenvalue weighted by Crippen LogP contribution is 2.51. The minimum Gasteiger partial charge on any atom is -0.456 e. The van der Waals surface area contributed by atoms with Crippen LogP contribution in [0.15, 0.2) is 191 Å². The van der Waals surface area contributed by atoms with Crippen molar-refractivity contribution in [1.82, 2.24) is 0 Å². The molecule has 0 N–H and O–H groups in total. The van der Waals surface area contributed by atoms with Crippen LogP contribution in [0, 0.1) is 0 Å². The normalized spacial score (nSPS) is 12.1. The van der Waals surface area contributed by atoms with Crippen LogP contribution in [0.25, 0.3) is 120 Å². The Labute approximate surface area is 310 Å². The van der Waals surface area contributed by atoms with Gasteiger partial charge < -0.3 is 8.83 Å². The highest BCUT2D eigenvalue weighted by molar-refractivity contribution is 6.35. The maximum atomic E-state index is 6.98. The average molecular weight is 687 g/mol. The van der Waals surface area contributed by atoms with Gasteiger partial charge in [0.1, 0.15) is 22.3 Å². The SMILES string of the molecule is c1ccc(-c2ccc(-c3c4ccccc4c(-c4cc5ccc6oc7ccccc7c6c5c5c4oc4ccccc45)c4ccccc34)c3ccccc23)cc1. The molecule has 0 radical (unpaired) electrons. The summed E-state index contributed by atoms with van der Waals surface area (Å²) in [4.78, 5) is 0. The van der Waals surface area contributed by atoms with E-state index in [1.54, 1.807) is 0 Å². The lowest BCUT2D eigenvalue weighted by Crippen LogP contribution is -1.93. The quantitative estimate of drug-likeness (QED) is 0.173. The summed E-state index contributed by atoms with van der Waals surface area (Å²) in [5, 5.41) is 14.1. The van der Waals surface area contributed by atoms with E-state index in [2.05, 4.69) is 176 Å². The first kappa shape index (κ1) is 29.4. The lowest BCUT2D eigenvalue weighted by Gasteiger charge is -2.20. The van der Waals surface area contributed by atoms with Crippen molar-refractivity contribution >= 4 is 87.0 Å². The molecule has 0 amide bonds. The van der Waals surface area contributed by atoms with Crippen LogP contribution in [0.3, 0.4) is 0 Å². The summed E-state index contributed by atoms with van der Waals surface area (Å²) in [5.41, 5.74) is 10.7. The van der Waals surface area contributed by atoms with E-state index in [9.17, 15) is 0 Å². The lowest BCUT2D eigenvalue weighted by molar-refractivity contribution is 0.669. The maximum absolute atomic E-state index is 6.98. The molecule has 0 unspecified atom stereocenters. The molecule has 10 aromatic carbocycles. The van der Waals surface area contributed by atoms with Gasteiger partial charge in [0.05, 0.1) is 0 Å². The van der Waals surface area contributed by atoms with E-state index in [-0.39, 0.29) is 0 Å². The van der Waals surface area contributed by atoms with Crippen molar-refractivity contribution in [2.45, 2.75) is 0 Å². The Morgan fingerprint density at radius 2 is 0.759 bits per heavy atom. The molecule has 2 heterocycles. The zero-order chi connectivity index (χ0) is 35.3. The third-order valence-electron chi connectivity index (χ3n) is 11.4. The van der Waals surface area contributed by atoms with Gasteiger partial charge in [0.25, 0.3) is 0 Å². The van der Waals surface area contributed by atoms with Crippen molar-refractivity contribution < 1.29 is 8.83 Å². The molecule has 0 aliphatic carbocycles. The number of fused-ring (bicyclic) bond motifs is 12. The van der Waals surface area contributed by atoms with E-state index in [0.717, 1.165) is 60.2 Å². The number of furan rings is 2. The van der Waals surface area contributed by atoms with Gasteiger partial charge in [-0.3, -0.25) is 0 Å². The van der Waals surface area contributed by atoms with Gasteiger partial charge >= 0.3 is 0 Å². The minimum absolute atomic E-state index is 0.876. The lowest BCUT2D eigenvalue weighted by atomic mass is 9.83. The van der Waals surface area contributed by atoms with Crippen LogP contribution in [0.5, 0.6) is 0 Å². The van der Waals surface area contributed by atoms with Gasteiger partial charge in [-0.2, -0.15) is 0 Å². The Morgan fingerprint density at radius 3 is 1.41 bits per heavy atom. The highest BCUT2D eigenvalue weighted by Gasteiger charge is 2.24. The second-order valence-electron chi connectivity index (χ2n) is 14.3. The molecule has 0 saturated carbocycles. The summed E-state index contributed by atoms with van der Waals surface area (Å²) in [5.74, 6) is 0. The van der Waals surface area contributed by atoms with E-state index >= 15 is 0 Å². The van der Waals surface area contributed by atoms with Crippen LogP contribution in [0.2, 0.25) is 0 Å².